The number of anilines is 1. The fourth-order valence-electron chi connectivity index (χ4n) is 4.63. The van der Waals surface area contributed by atoms with Gasteiger partial charge in [0.25, 0.3) is 0 Å². The summed E-state index contributed by atoms with van der Waals surface area (Å²) in [6.07, 6.45) is 4.97. The van der Waals surface area contributed by atoms with E-state index in [1.165, 1.54) is 0 Å². The maximum Gasteiger partial charge on any atom is 0.248 e. The summed E-state index contributed by atoms with van der Waals surface area (Å²) in [6, 6.07) is 3.71. The lowest BCUT2D eigenvalue weighted by atomic mass is 9.86. The third-order valence-corrected chi connectivity index (χ3v) is 6.57. The molecular formula is C23H25F3N6O. The van der Waals surface area contributed by atoms with Crippen LogP contribution < -0.4 is 5.32 Å². The summed E-state index contributed by atoms with van der Waals surface area (Å²) in [6.45, 7) is 2.11. The van der Waals surface area contributed by atoms with Gasteiger partial charge in [-0.3, -0.25) is 19.4 Å². The molecule has 1 fully saturated rings. The Morgan fingerprint density at radius 2 is 1.94 bits per heavy atom. The van der Waals surface area contributed by atoms with Gasteiger partial charge >= 0.3 is 0 Å². The first-order chi connectivity index (χ1) is 15.9. The zero-order valence-electron chi connectivity index (χ0n) is 18.1. The number of carbonyl (C=O) groups is 1. The van der Waals surface area contributed by atoms with E-state index in [2.05, 4.69) is 25.3 Å². The zero-order valence-corrected chi connectivity index (χ0v) is 18.1. The quantitative estimate of drug-likeness (QED) is 0.625. The molecule has 1 N–H and O–H groups in total. The minimum atomic E-state index is -2.67. The summed E-state index contributed by atoms with van der Waals surface area (Å²) in [5, 5.41) is 8.04. The van der Waals surface area contributed by atoms with E-state index in [0.717, 1.165) is 28.8 Å². The number of nitrogens with one attached hydrogen (secondary N) is 1. The Morgan fingerprint density at radius 3 is 2.73 bits per heavy atom. The van der Waals surface area contributed by atoms with Gasteiger partial charge in [0.15, 0.2) is 0 Å². The molecule has 0 atom stereocenters. The van der Waals surface area contributed by atoms with Crippen molar-refractivity contribution in [2.45, 2.75) is 44.7 Å². The molecule has 10 heteroatoms. The van der Waals surface area contributed by atoms with Crippen LogP contribution in [0.15, 0.2) is 30.7 Å². The summed E-state index contributed by atoms with van der Waals surface area (Å²) in [5.74, 6) is -3.01. The molecular weight excluding hydrogens is 433 g/mol. The van der Waals surface area contributed by atoms with E-state index in [1.54, 1.807) is 24.7 Å². The highest BCUT2D eigenvalue weighted by molar-refractivity contribution is 5.94. The van der Waals surface area contributed by atoms with Crippen molar-refractivity contribution >= 4 is 22.6 Å². The topological polar surface area (TPSA) is 75.9 Å². The first-order valence-electron chi connectivity index (χ1n) is 11.2. The molecule has 7 nitrogen and oxygen atoms in total. The van der Waals surface area contributed by atoms with Gasteiger partial charge in [-0.25, -0.2) is 18.2 Å². The molecule has 4 heterocycles. The molecule has 1 saturated carbocycles. The minimum absolute atomic E-state index is 0.171. The van der Waals surface area contributed by atoms with Crippen LogP contribution in [0.3, 0.4) is 0 Å². The van der Waals surface area contributed by atoms with Gasteiger partial charge in [-0.05, 0) is 25.0 Å². The first kappa shape index (κ1) is 21.8. The normalized spacial score (nSPS) is 18.9. The van der Waals surface area contributed by atoms with Gasteiger partial charge in [-0.1, -0.05) is 0 Å². The molecule has 0 radical (unpaired) electrons. The second-order valence-electron chi connectivity index (χ2n) is 8.80. The number of aromatic nitrogens is 4. The third-order valence-electron chi connectivity index (χ3n) is 6.57. The maximum absolute atomic E-state index is 13.4. The monoisotopic (exact) mass is 458 g/mol. The molecule has 0 unspecified atom stereocenters. The third kappa shape index (κ3) is 4.57. The summed E-state index contributed by atoms with van der Waals surface area (Å²) < 4.78 is 41.5. The summed E-state index contributed by atoms with van der Waals surface area (Å²) in [7, 11) is 0. The molecule has 1 aliphatic heterocycles. The van der Waals surface area contributed by atoms with Gasteiger partial charge in [0.2, 0.25) is 11.8 Å². The number of pyridine rings is 2. The maximum atomic E-state index is 13.4. The Hall–Kier alpha value is -3.01. The van der Waals surface area contributed by atoms with Crippen molar-refractivity contribution < 1.29 is 18.0 Å². The fraction of sp³-hybridized carbons (Fsp3) is 0.478. The van der Waals surface area contributed by atoms with Gasteiger partial charge in [0, 0.05) is 61.1 Å². The number of amides is 1. The number of carbonyl (C=O) groups excluding carboxylic acids is 1. The second kappa shape index (κ2) is 8.74. The van der Waals surface area contributed by atoms with Gasteiger partial charge in [-0.2, -0.15) is 5.10 Å². The molecule has 2 aliphatic rings. The van der Waals surface area contributed by atoms with Crippen molar-refractivity contribution in [3.8, 4) is 11.1 Å². The molecule has 3 aromatic rings. The zero-order chi connectivity index (χ0) is 23.0. The number of alkyl halides is 3. The van der Waals surface area contributed by atoms with E-state index in [-0.39, 0.29) is 38.3 Å². The fourth-order valence-corrected chi connectivity index (χ4v) is 4.63. The number of fused-ring (bicyclic) bond motifs is 2. The number of hydrogen-bond acceptors (Lipinski definition) is 5. The summed E-state index contributed by atoms with van der Waals surface area (Å²) >= 11 is 0. The molecule has 33 heavy (non-hydrogen) atoms. The lowest BCUT2D eigenvalue weighted by molar-refractivity contribution is -0.124. The predicted octanol–water partition coefficient (Wildman–Crippen LogP) is 4.04. The van der Waals surface area contributed by atoms with Crippen molar-refractivity contribution in [1.82, 2.24) is 24.6 Å². The predicted molar refractivity (Wildman–Crippen MR) is 118 cm³/mol. The lowest BCUT2D eigenvalue weighted by Gasteiger charge is -2.27. The van der Waals surface area contributed by atoms with E-state index in [4.69, 9.17) is 0 Å². The van der Waals surface area contributed by atoms with E-state index in [0.29, 0.717) is 31.0 Å². The highest BCUT2D eigenvalue weighted by Crippen LogP contribution is 2.36. The Morgan fingerprint density at radius 1 is 1.12 bits per heavy atom. The van der Waals surface area contributed by atoms with E-state index < -0.39 is 11.8 Å². The largest absolute Gasteiger partial charge is 0.310 e. The van der Waals surface area contributed by atoms with Crippen LogP contribution in [0.2, 0.25) is 0 Å². The van der Waals surface area contributed by atoms with Gasteiger partial charge in [-0.15, -0.1) is 0 Å². The highest BCUT2D eigenvalue weighted by Gasteiger charge is 2.37. The highest BCUT2D eigenvalue weighted by atomic mass is 19.3. The van der Waals surface area contributed by atoms with Crippen LogP contribution in [0, 0.1) is 5.92 Å². The van der Waals surface area contributed by atoms with E-state index >= 15 is 0 Å². The molecule has 3 aromatic heterocycles. The van der Waals surface area contributed by atoms with E-state index in [9.17, 15) is 18.0 Å². The number of halogens is 3. The van der Waals surface area contributed by atoms with Crippen molar-refractivity contribution in [3.63, 3.8) is 0 Å². The number of rotatable bonds is 5. The minimum Gasteiger partial charge on any atom is -0.310 e. The smallest absolute Gasteiger partial charge is 0.248 e. The Kier molecular flexibility index (Phi) is 5.77. The molecule has 174 valence electrons. The van der Waals surface area contributed by atoms with Gasteiger partial charge in [0.1, 0.15) is 12.5 Å². The van der Waals surface area contributed by atoms with Crippen LogP contribution in [0.25, 0.3) is 22.0 Å². The average molecular weight is 458 g/mol. The van der Waals surface area contributed by atoms with Crippen molar-refractivity contribution in [1.29, 1.82) is 0 Å². The molecule has 0 saturated heterocycles. The molecule has 0 bridgehead atoms. The van der Waals surface area contributed by atoms with Gasteiger partial charge in [0.05, 0.1) is 30.1 Å². The first-order valence-corrected chi connectivity index (χ1v) is 11.2. The number of hydrogen-bond donors (Lipinski definition) is 1. The number of nitrogens with zero attached hydrogens (tertiary/aromatic N) is 5. The van der Waals surface area contributed by atoms with Crippen LogP contribution in [-0.2, 0) is 17.9 Å². The van der Waals surface area contributed by atoms with E-state index in [1.807, 2.05) is 10.7 Å². The Labute approximate surface area is 189 Å². The van der Waals surface area contributed by atoms with Crippen LogP contribution in [0.4, 0.5) is 19.0 Å². The standard InChI is InChI=1S/C23H25F3N6O/c24-5-6-31-7-8-32-20(14-31)18(12-29-32)17-9-16-10-21(28-13-19(16)27-11-17)30-22(33)15-1-3-23(25,26)4-2-15/h9-13,15H,1-8,14H2,(H,28,30,33). The molecule has 0 aromatic carbocycles. The Bertz CT molecular complexity index is 1170. The van der Waals surface area contributed by atoms with Crippen LogP contribution in [0.1, 0.15) is 31.4 Å². The van der Waals surface area contributed by atoms with Crippen molar-refractivity contribution in [2.75, 3.05) is 25.1 Å². The van der Waals surface area contributed by atoms with Crippen LogP contribution in [-0.4, -0.2) is 56.2 Å². The Balaban J connectivity index is 1.36. The second-order valence-corrected chi connectivity index (χ2v) is 8.80. The van der Waals surface area contributed by atoms with Crippen LogP contribution in [0.5, 0.6) is 0 Å². The average Bonchev–Trinajstić information content (AvgIpc) is 3.22. The molecule has 1 aliphatic carbocycles. The van der Waals surface area contributed by atoms with Gasteiger partial charge < -0.3 is 5.32 Å². The molecule has 0 spiro atoms. The summed E-state index contributed by atoms with van der Waals surface area (Å²) in [4.78, 5) is 23.4. The molecule has 5 rings (SSSR count). The van der Waals surface area contributed by atoms with Crippen molar-refractivity contribution in [2.24, 2.45) is 5.92 Å². The SMILES string of the molecule is O=C(Nc1cc2cc(-c3cnn4c3CN(CCF)CC4)cnc2cn1)C1CCC(F)(F)CC1. The lowest BCUT2D eigenvalue weighted by Crippen LogP contribution is -2.35. The van der Waals surface area contributed by atoms with Crippen molar-refractivity contribution in [3.05, 3.63) is 36.4 Å². The molecule has 1 amide bonds. The van der Waals surface area contributed by atoms with Crippen LogP contribution >= 0.6 is 0 Å². The summed E-state index contributed by atoms with van der Waals surface area (Å²) in [5.41, 5.74) is 3.52.